The van der Waals surface area contributed by atoms with E-state index in [1.807, 2.05) is 6.07 Å². The lowest BCUT2D eigenvalue weighted by Crippen LogP contribution is -2.53. The van der Waals surface area contributed by atoms with E-state index in [-0.39, 0.29) is 23.1 Å². The SMILES string of the molecule is Cl.O=[N+]([O-])c1cc(CN2CCCC(N3CCNCC3)C2)ccc1Cl. The van der Waals surface area contributed by atoms with E-state index >= 15 is 0 Å². The fourth-order valence-electron chi connectivity index (χ4n) is 3.57. The fraction of sp³-hybridized carbons (Fsp3) is 0.625. The smallest absolute Gasteiger partial charge is 0.288 e. The van der Waals surface area contributed by atoms with Crippen LogP contribution in [0.5, 0.6) is 0 Å². The summed E-state index contributed by atoms with van der Waals surface area (Å²) in [4.78, 5) is 15.6. The first-order chi connectivity index (χ1) is 11.1. The van der Waals surface area contributed by atoms with Crippen molar-refractivity contribution in [2.24, 2.45) is 0 Å². The molecule has 0 bridgehead atoms. The molecule has 0 amide bonds. The minimum atomic E-state index is -0.411. The summed E-state index contributed by atoms with van der Waals surface area (Å²) in [5.41, 5.74) is 0.960. The van der Waals surface area contributed by atoms with Gasteiger partial charge in [-0.25, -0.2) is 0 Å². The van der Waals surface area contributed by atoms with Crippen LogP contribution in [0.4, 0.5) is 5.69 Å². The Balaban J connectivity index is 0.00000208. The zero-order valence-electron chi connectivity index (χ0n) is 13.6. The van der Waals surface area contributed by atoms with Crippen LogP contribution in [-0.2, 0) is 6.54 Å². The quantitative estimate of drug-likeness (QED) is 0.647. The van der Waals surface area contributed by atoms with Crippen LogP contribution in [0.25, 0.3) is 0 Å². The van der Waals surface area contributed by atoms with Gasteiger partial charge in [-0.2, -0.15) is 0 Å². The first-order valence-electron chi connectivity index (χ1n) is 8.23. The van der Waals surface area contributed by atoms with Crippen molar-refractivity contribution >= 4 is 29.7 Å². The van der Waals surface area contributed by atoms with Crippen molar-refractivity contribution in [3.8, 4) is 0 Å². The molecular weight excluding hydrogens is 351 g/mol. The number of piperazine rings is 1. The average molecular weight is 375 g/mol. The van der Waals surface area contributed by atoms with Gasteiger partial charge in [0.25, 0.3) is 5.69 Å². The van der Waals surface area contributed by atoms with E-state index in [4.69, 9.17) is 11.6 Å². The van der Waals surface area contributed by atoms with Crippen LogP contribution in [0.15, 0.2) is 18.2 Å². The minimum Gasteiger partial charge on any atom is -0.314 e. The van der Waals surface area contributed by atoms with Gasteiger partial charge in [-0.15, -0.1) is 12.4 Å². The van der Waals surface area contributed by atoms with Crippen LogP contribution >= 0.6 is 24.0 Å². The summed E-state index contributed by atoms with van der Waals surface area (Å²) in [6, 6.07) is 5.74. The molecule has 6 nitrogen and oxygen atoms in total. The highest BCUT2D eigenvalue weighted by atomic mass is 35.5. The van der Waals surface area contributed by atoms with E-state index in [0.29, 0.717) is 6.04 Å². The number of nitrogens with zero attached hydrogens (tertiary/aromatic N) is 3. The summed E-state index contributed by atoms with van der Waals surface area (Å²) in [7, 11) is 0. The van der Waals surface area contributed by atoms with Gasteiger partial charge in [0.15, 0.2) is 0 Å². The minimum absolute atomic E-state index is 0. The van der Waals surface area contributed by atoms with Crippen molar-refractivity contribution in [3.05, 3.63) is 38.9 Å². The third-order valence-corrected chi connectivity index (χ3v) is 5.08. The molecular formula is C16H24Cl2N4O2. The van der Waals surface area contributed by atoms with Crippen LogP contribution < -0.4 is 5.32 Å². The molecule has 2 saturated heterocycles. The molecule has 0 saturated carbocycles. The van der Waals surface area contributed by atoms with E-state index in [9.17, 15) is 10.1 Å². The van der Waals surface area contributed by atoms with Gasteiger partial charge in [0, 0.05) is 51.4 Å². The van der Waals surface area contributed by atoms with Gasteiger partial charge in [-0.3, -0.25) is 19.9 Å². The molecule has 3 rings (SSSR count). The number of hydrogen-bond donors (Lipinski definition) is 1. The largest absolute Gasteiger partial charge is 0.314 e. The number of nitrogens with one attached hydrogen (secondary N) is 1. The Labute approximate surface area is 153 Å². The summed E-state index contributed by atoms with van der Waals surface area (Å²) < 4.78 is 0. The predicted octanol–water partition coefficient (Wildman–Crippen LogP) is 2.54. The summed E-state index contributed by atoms with van der Waals surface area (Å²) in [6.07, 6.45) is 2.43. The molecule has 0 aromatic heterocycles. The lowest BCUT2D eigenvalue weighted by Gasteiger charge is -2.41. The van der Waals surface area contributed by atoms with Crippen molar-refractivity contribution in [2.45, 2.75) is 25.4 Å². The van der Waals surface area contributed by atoms with Gasteiger partial charge in [0.2, 0.25) is 0 Å². The topological polar surface area (TPSA) is 61.7 Å². The Morgan fingerprint density at radius 2 is 2.04 bits per heavy atom. The van der Waals surface area contributed by atoms with Crippen molar-refractivity contribution in [1.29, 1.82) is 0 Å². The van der Waals surface area contributed by atoms with E-state index < -0.39 is 4.92 Å². The third-order valence-electron chi connectivity index (χ3n) is 4.76. The number of hydrogen-bond acceptors (Lipinski definition) is 5. The summed E-state index contributed by atoms with van der Waals surface area (Å²) >= 11 is 5.89. The highest BCUT2D eigenvalue weighted by Gasteiger charge is 2.26. The van der Waals surface area contributed by atoms with Gasteiger partial charge in [0.1, 0.15) is 5.02 Å². The maximum atomic E-state index is 11.0. The number of halogens is 2. The molecule has 1 atom stereocenters. The van der Waals surface area contributed by atoms with Crippen molar-refractivity contribution in [2.75, 3.05) is 39.3 Å². The van der Waals surface area contributed by atoms with Gasteiger partial charge in [-0.1, -0.05) is 17.7 Å². The third kappa shape index (κ3) is 4.80. The molecule has 0 spiro atoms. The Morgan fingerprint density at radius 1 is 1.29 bits per heavy atom. The first-order valence-corrected chi connectivity index (χ1v) is 8.61. The lowest BCUT2D eigenvalue weighted by atomic mass is 10.0. The number of rotatable bonds is 4. The summed E-state index contributed by atoms with van der Waals surface area (Å²) in [5.74, 6) is 0. The molecule has 8 heteroatoms. The normalized spacial score (nSPS) is 22.8. The Hall–Kier alpha value is -0.920. The molecule has 2 fully saturated rings. The summed E-state index contributed by atoms with van der Waals surface area (Å²) in [6.45, 7) is 7.21. The first kappa shape index (κ1) is 19.4. The highest BCUT2D eigenvalue weighted by Crippen LogP contribution is 2.26. The molecule has 2 aliphatic heterocycles. The summed E-state index contributed by atoms with van der Waals surface area (Å²) in [5, 5.41) is 14.6. The molecule has 0 radical (unpaired) electrons. The molecule has 1 aromatic rings. The van der Waals surface area contributed by atoms with E-state index in [1.54, 1.807) is 12.1 Å². The maximum Gasteiger partial charge on any atom is 0.288 e. The van der Waals surface area contributed by atoms with E-state index in [0.717, 1.165) is 51.4 Å². The van der Waals surface area contributed by atoms with Crippen molar-refractivity contribution < 1.29 is 4.92 Å². The average Bonchev–Trinajstić information content (AvgIpc) is 2.57. The molecule has 2 aliphatic rings. The second kappa shape index (κ2) is 8.97. The number of nitro groups is 1. The number of piperidine rings is 1. The van der Waals surface area contributed by atoms with Gasteiger partial charge in [0.05, 0.1) is 4.92 Å². The second-order valence-electron chi connectivity index (χ2n) is 6.36. The molecule has 24 heavy (non-hydrogen) atoms. The lowest BCUT2D eigenvalue weighted by molar-refractivity contribution is -0.384. The number of nitro benzene ring substituents is 1. The molecule has 0 aliphatic carbocycles. The zero-order valence-corrected chi connectivity index (χ0v) is 15.2. The van der Waals surface area contributed by atoms with Crippen LogP contribution in [0.3, 0.4) is 0 Å². The number of benzene rings is 1. The predicted molar refractivity (Wildman–Crippen MR) is 98.1 cm³/mol. The Kier molecular flexibility index (Phi) is 7.25. The van der Waals surface area contributed by atoms with Gasteiger partial charge < -0.3 is 5.32 Å². The Bertz CT molecular complexity index is 567. The van der Waals surface area contributed by atoms with Gasteiger partial charge in [-0.05, 0) is 31.0 Å². The van der Waals surface area contributed by atoms with Crippen molar-refractivity contribution in [3.63, 3.8) is 0 Å². The maximum absolute atomic E-state index is 11.0. The second-order valence-corrected chi connectivity index (χ2v) is 6.77. The molecule has 134 valence electrons. The molecule has 1 aromatic carbocycles. The fourth-order valence-corrected chi connectivity index (χ4v) is 3.76. The monoisotopic (exact) mass is 374 g/mol. The van der Waals surface area contributed by atoms with Crippen molar-refractivity contribution in [1.82, 2.24) is 15.1 Å². The number of likely N-dealkylation sites (tertiary alicyclic amines) is 1. The van der Waals surface area contributed by atoms with Crippen LogP contribution in [-0.4, -0.2) is 60.0 Å². The highest BCUT2D eigenvalue weighted by molar-refractivity contribution is 6.32. The zero-order chi connectivity index (χ0) is 16.2. The van der Waals surface area contributed by atoms with E-state index in [1.165, 1.54) is 12.8 Å². The van der Waals surface area contributed by atoms with Crippen LogP contribution in [0.2, 0.25) is 5.02 Å². The molecule has 1 unspecified atom stereocenters. The van der Waals surface area contributed by atoms with E-state index in [2.05, 4.69) is 15.1 Å². The van der Waals surface area contributed by atoms with Crippen LogP contribution in [0.1, 0.15) is 18.4 Å². The standard InChI is InChI=1S/C16H23ClN4O2.ClH/c17-15-4-3-13(10-16(15)21(22)23)11-19-7-1-2-14(12-19)20-8-5-18-6-9-20;/h3-4,10,14,18H,1-2,5-9,11-12H2;1H. The van der Waals surface area contributed by atoms with Gasteiger partial charge >= 0.3 is 0 Å². The van der Waals surface area contributed by atoms with Crippen LogP contribution in [0, 0.1) is 10.1 Å². The molecule has 2 heterocycles. The Morgan fingerprint density at radius 3 is 2.75 bits per heavy atom. The molecule has 1 N–H and O–H groups in total.